The van der Waals surface area contributed by atoms with Gasteiger partial charge in [-0.25, -0.2) is 4.39 Å². The highest BCUT2D eigenvalue weighted by molar-refractivity contribution is 14.1. The van der Waals surface area contributed by atoms with Crippen LogP contribution >= 0.6 is 22.6 Å². The van der Waals surface area contributed by atoms with Crippen LogP contribution in [0, 0.1) is 25.4 Å². The lowest BCUT2D eigenvalue weighted by Crippen LogP contribution is -2.37. The molecule has 1 unspecified atom stereocenters. The van der Waals surface area contributed by atoms with Crippen LogP contribution in [0.4, 0.5) is 15.8 Å². The van der Waals surface area contributed by atoms with E-state index in [9.17, 15) is 14.5 Å². The van der Waals surface area contributed by atoms with Crippen molar-refractivity contribution in [3.8, 4) is 0 Å². The maximum Gasteiger partial charge on any atom is 0.293 e. The third-order valence-corrected chi connectivity index (χ3v) is 4.88. The predicted molar refractivity (Wildman–Crippen MR) is 88.8 cm³/mol. The van der Waals surface area contributed by atoms with Gasteiger partial charge >= 0.3 is 0 Å². The van der Waals surface area contributed by atoms with Gasteiger partial charge in [0.1, 0.15) is 11.5 Å². The summed E-state index contributed by atoms with van der Waals surface area (Å²) in [6, 6.07) is 2.40. The Bertz CT molecular complexity index is 521. The summed E-state index contributed by atoms with van der Waals surface area (Å²) in [6.07, 6.45) is 5.68. The summed E-state index contributed by atoms with van der Waals surface area (Å²) in [5, 5.41) is 14.2. The zero-order valence-electron chi connectivity index (χ0n) is 11.6. The van der Waals surface area contributed by atoms with Gasteiger partial charge in [-0.3, -0.25) is 10.1 Å². The number of rotatable bonds is 5. The van der Waals surface area contributed by atoms with Crippen LogP contribution in [0.3, 0.4) is 0 Å². The molecule has 1 atom stereocenters. The van der Waals surface area contributed by atoms with Crippen molar-refractivity contribution < 1.29 is 9.31 Å². The molecule has 0 aliphatic heterocycles. The first-order valence-corrected chi connectivity index (χ1v) is 8.21. The van der Waals surface area contributed by atoms with E-state index in [0.29, 0.717) is 12.5 Å². The molecule has 116 valence electrons. The lowest BCUT2D eigenvalue weighted by Gasteiger charge is -2.30. The van der Waals surface area contributed by atoms with Gasteiger partial charge in [0, 0.05) is 24.7 Å². The van der Waals surface area contributed by atoms with Crippen molar-refractivity contribution in [1.82, 2.24) is 0 Å². The molecule has 1 fully saturated rings. The summed E-state index contributed by atoms with van der Waals surface area (Å²) in [5.41, 5.74) is 5.94. The van der Waals surface area contributed by atoms with Crippen molar-refractivity contribution in [3.05, 3.63) is 31.6 Å². The van der Waals surface area contributed by atoms with Crippen molar-refractivity contribution in [2.24, 2.45) is 11.7 Å². The molecule has 0 aromatic heterocycles. The maximum absolute atomic E-state index is 13.7. The van der Waals surface area contributed by atoms with Crippen LogP contribution in [0.1, 0.15) is 32.1 Å². The summed E-state index contributed by atoms with van der Waals surface area (Å²) in [7, 11) is 0. The topological polar surface area (TPSA) is 81.2 Å². The summed E-state index contributed by atoms with van der Waals surface area (Å²) in [4.78, 5) is 10.7. The Morgan fingerprint density at radius 1 is 1.43 bits per heavy atom. The molecule has 1 aromatic carbocycles. The van der Waals surface area contributed by atoms with Crippen LogP contribution in [0.25, 0.3) is 0 Å². The highest BCUT2D eigenvalue weighted by Crippen LogP contribution is 2.32. The van der Waals surface area contributed by atoms with Gasteiger partial charge in [-0.15, -0.1) is 0 Å². The first-order valence-electron chi connectivity index (χ1n) is 7.13. The van der Waals surface area contributed by atoms with E-state index in [4.69, 9.17) is 5.73 Å². The molecule has 0 radical (unpaired) electrons. The minimum Gasteiger partial charge on any atom is -0.375 e. The van der Waals surface area contributed by atoms with Gasteiger partial charge in [0.25, 0.3) is 5.69 Å². The maximum atomic E-state index is 13.7. The molecule has 0 saturated heterocycles. The van der Waals surface area contributed by atoms with Crippen LogP contribution in [-0.4, -0.2) is 17.5 Å². The van der Waals surface area contributed by atoms with Gasteiger partial charge in [-0.05, 0) is 41.4 Å². The minimum atomic E-state index is -0.488. The SMILES string of the molecule is NCC(Nc1cc(F)c(I)cc1[N+](=O)[O-])C1CCCCC1. The molecule has 1 aliphatic carbocycles. The van der Waals surface area contributed by atoms with Crippen LogP contribution < -0.4 is 11.1 Å². The largest absolute Gasteiger partial charge is 0.375 e. The average molecular weight is 407 g/mol. The molecular weight excluding hydrogens is 388 g/mol. The van der Waals surface area contributed by atoms with Crippen molar-refractivity contribution in [3.63, 3.8) is 0 Å². The van der Waals surface area contributed by atoms with Crippen LogP contribution in [-0.2, 0) is 0 Å². The van der Waals surface area contributed by atoms with E-state index >= 15 is 0 Å². The number of nitro groups is 1. The van der Waals surface area contributed by atoms with E-state index in [-0.39, 0.29) is 21.0 Å². The minimum absolute atomic E-state index is 0.0524. The number of anilines is 1. The number of hydrogen-bond acceptors (Lipinski definition) is 4. The first-order chi connectivity index (χ1) is 10.0. The van der Waals surface area contributed by atoms with Crippen molar-refractivity contribution in [2.75, 3.05) is 11.9 Å². The molecule has 7 heteroatoms. The summed E-state index contributed by atoms with van der Waals surface area (Å²) in [5.74, 6) is -0.0613. The first kappa shape index (κ1) is 16.4. The molecular formula is C14H19FIN3O2. The van der Waals surface area contributed by atoms with Crippen molar-refractivity contribution >= 4 is 34.0 Å². The van der Waals surface area contributed by atoms with E-state index in [2.05, 4.69) is 5.32 Å². The highest BCUT2D eigenvalue weighted by Gasteiger charge is 2.26. The summed E-state index contributed by atoms with van der Waals surface area (Å²) < 4.78 is 14.0. The van der Waals surface area contributed by atoms with E-state index in [0.717, 1.165) is 25.7 Å². The zero-order chi connectivity index (χ0) is 15.4. The molecule has 2 rings (SSSR count). The predicted octanol–water partition coefficient (Wildman–Crippen LogP) is 3.66. The Balaban J connectivity index is 2.23. The summed E-state index contributed by atoms with van der Waals surface area (Å²) in [6.45, 7) is 0.384. The standard InChI is InChI=1S/C14H19FIN3O2/c15-10-6-12(14(19(20)21)7-11(10)16)18-13(8-17)9-4-2-1-3-5-9/h6-7,9,13,18H,1-5,8,17H2. The van der Waals surface area contributed by atoms with E-state index in [1.165, 1.54) is 18.6 Å². The third kappa shape index (κ3) is 4.03. The van der Waals surface area contributed by atoms with Crippen LogP contribution in [0.5, 0.6) is 0 Å². The monoisotopic (exact) mass is 407 g/mol. The number of nitro benzene ring substituents is 1. The highest BCUT2D eigenvalue weighted by atomic mass is 127. The molecule has 1 saturated carbocycles. The Hall–Kier alpha value is -0.960. The van der Waals surface area contributed by atoms with Gasteiger partial charge in [0.2, 0.25) is 0 Å². The fourth-order valence-corrected chi connectivity index (χ4v) is 3.36. The lowest BCUT2D eigenvalue weighted by atomic mass is 9.84. The number of nitrogens with two attached hydrogens (primary N) is 1. The van der Waals surface area contributed by atoms with E-state index in [1.54, 1.807) is 22.6 Å². The molecule has 1 aliphatic rings. The molecule has 0 amide bonds. The quantitative estimate of drug-likeness (QED) is 0.444. The molecule has 0 bridgehead atoms. The Labute approximate surface area is 136 Å². The molecule has 0 spiro atoms. The van der Waals surface area contributed by atoms with Gasteiger partial charge < -0.3 is 11.1 Å². The molecule has 3 N–H and O–H groups in total. The second kappa shape index (κ2) is 7.35. The number of hydrogen-bond donors (Lipinski definition) is 2. The van der Waals surface area contributed by atoms with Crippen LogP contribution in [0.15, 0.2) is 12.1 Å². The molecule has 5 nitrogen and oxygen atoms in total. The summed E-state index contributed by atoms with van der Waals surface area (Å²) >= 11 is 1.75. The number of nitrogens with one attached hydrogen (secondary N) is 1. The van der Waals surface area contributed by atoms with Crippen LogP contribution in [0.2, 0.25) is 0 Å². The Kier molecular flexibility index (Phi) is 5.74. The van der Waals surface area contributed by atoms with Crippen molar-refractivity contribution in [1.29, 1.82) is 0 Å². The van der Waals surface area contributed by atoms with Gasteiger partial charge in [-0.1, -0.05) is 19.3 Å². The fourth-order valence-electron chi connectivity index (χ4n) is 2.91. The smallest absolute Gasteiger partial charge is 0.293 e. The number of halogens is 2. The lowest BCUT2D eigenvalue weighted by molar-refractivity contribution is -0.384. The third-order valence-electron chi connectivity index (χ3n) is 4.05. The normalized spacial score (nSPS) is 17.5. The molecule has 21 heavy (non-hydrogen) atoms. The van der Waals surface area contributed by atoms with Gasteiger partial charge in [0.05, 0.1) is 8.49 Å². The molecule has 1 aromatic rings. The van der Waals surface area contributed by atoms with E-state index in [1.807, 2.05) is 0 Å². The Morgan fingerprint density at radius 3 is 2.67 bits per heavy atom. The fraction of sp³-hybridized carbons (Fsp3) is 0.571. The van der Waals surface area contributed by atoms with Crippen molar-refractivity contribution in [2.45, 2.75) is 38.1 Å². The van der Waals surface area contributed by atoms with Gasteiger partial charge in [0.15, 0.2) is 0 Å². The van der Waals surface area contributed by atoms with Gasteiger partial charge in [-0.2, -0.15) is 0 Å². The second-order valence-electron chi connectivity index (χ2n) is 5.43. The zero-order valence-corrected chi connectivity index (χ0v) is 13.8. The second-order valence-corrected chi connectivity index (χ2v) is 6.59. The number of benzene rings is 1. The molecule has 0 heterocycles. The van der Waals surface area contributed by atoms with E-state index < -0.39 is 10.7 Å². The Morgan fingerprint density at radius 2 is 2.10 bits per heavy atom. The average Bonchev–Trinajstić information content (AvgIpc) is 2.48. The number of nitrogens with zero attached hydrogens (tertiary/aromatic N) is 1.